The second-order valence-corrected chi connectivity index (χ2v) is 8.27. The highest BCUT2D eigenvalue weighted by Crippen LogP contribution is 2.39. The standard InChI is InChI=1S/C24H20F4N4O3/c25-15-1-3-19-14(9-15)11-29-8-7-18-21(5-6-22(33)30-18)32-13-31(19)20-4-2-16(10-17(20)23(32)34)35-12-24(26,27)28/h1-6,9-10,29H,7-8,11-13H2,(H,30,33). The molecule has 1 aromatic heterocycles. The maximum atomic E-state index is 14.1. The number of halogens is 4. The van der Waals surface area contributed by atoms with E-state index in [0.717, 1.165) is 0 Å². The first-order chi connectivity index (χ1) is 16.7. The van der Waals surface area contributed by atoms with Gasteiger partial charge in [-0.3, -0.25) is 14.5 Å². The Balaban J connectivity index is 1.67. The Hall–Kier alpha value is -3.86. The van der Waals surface area contributed by atoms with Gasteiger partial charge in [0.2, 0.25) is 5.56 Å². The normalized spacial score (nSPS) is 15.6. The predicted octanol–water partition coefficient (Wildman–Crippen LogP) is 3.86. The van der Waals surface area contributed by atoms with Crippen molar-refractivity contribution in [1.82, 2.24) is 10.3 Å². The van der Waals surface area contributed by atoms with E-state index >= 15 is 0 Å². The van der Waals surface area contributed by atoms with E-state index in [-0.39, 0.29) is 23.5 Å². The summed E-state index contributed by atoms with van der Waals surface area (Å²) in [5.74, 6) is -0.991. The lowest BCUT2D eigenvalue weighted by Crippen LogP contribution is -2.46. The average Bonchev–Trinajstić information content (AvgIpc) is 2.83. The topological polar surface area (TPSA) is 77.7 Å². The molecular formula is C24H20F4N4O3. The molecule has 2 aliphatic heterocycles. The van der Waals surface area contributed by atoms with Crippen LogP contribution in [0.2, 0.25) is 0 Å². The van der Waals surface area contributed by atoms with Gasteiger partial charge >= 0.3 is 6.18 Å². The molecule has 0 unspecified atom stereocenters. The Bertz CT molecular complexity index is 1360. The van der Waals surface area contributed by atoms with Crippen molar-refractivity contribution in [2.45, 2.75) is 19.1 Å². The first kappa shape index (κ1) is 22.9. The lowest BCUT2D eigenvalue weighted by Gasteiger charge is -2.39. The van der Waals surface area contributed by atoms with E-state index in [0.29, 0.717) is 47.8 Å². The second kappa shape index (κ2) is 8.73. The SMILES string of the molecule is O=C1c2cc(OCC(F)(F)F)ccc2N2CN1c1ccc(=O)[nH]c1CCNCc1cc(F)ccc12. The molecule has 0 aliphatic carbocycles. The number of carbonyl (C=O) groups excluding carboxylic acids is 1. The highest BCUT2D eigenvalue weighted by molar-refractivity contribution is 6.13. The monoisotopic (exact) mass is 488 g/mol. The van der Waals surface area contributed by atoms with E-state index in [9.17, 15) is 27.2 Å². The number of H-pyrrole nitrogens is 1. The minimum Gasteiger partial charge on any atom is -0.484 e. The lowest BCUT2D eigenvalue weighted by atomic mass is 10.0. The molecule has 35 heavy (non-hydrogen) atoms. The van der Waals surface area contributed by atoms with E-state index < -0.39 is 24.5 Å². The van der Waals surface area contributed by atoms with Crippen molar-refractivity contribution in [3.8, 4) is 5.75 Å². The van der Waals surface area contributed by atoms with Gasteiger partial charge < -0.3 is 19.9 Å². The summed E-state index contributed by atoms with van der Waals surface area (Å²) in [5, 5.41) is 3.24. The Morgan fingerprint density at radius 1 is 0.943 bits per heavy atom. The van der Waals surface area contributed by atoms with Crippen LogP contribution in [0.1, 0.15) is 21.6 Å². The van der Waals surface area contributed by atoms with Crippen LogP contribution in [0.4, 0.5) is 34.6 Å². The number of nitrogens with one attached hydrogen (secondary N) is 2. The van der Waals surface area contributed by atoms with Gasteiger partial charge in [-0.2, -0.15) is 13.2 Å². The molecule has 2 aliphatic rings. The molecule has 5 rings (SSSR count). The summed E-state index contributed by atoms with van der Waals surface area (Å²) in [4.78, 5) is 31.6. The number of hydrogen-bond donors (Lipinski definition) is 2. The number of anilines is 3. The summed E-state index contributed by atoms with van der Waals surface area (Å²) in [5.41, 5.74) is 2.52. The number of amides is 1. The molecule has 2 aromatic carbocycles. The fourth-order valence-electron chi connectivity index (χ4n) is 4.34. The van der Waals surface area contributed by atoms with E-state index in [1.165, 1.54) is 41.3 Å². The number of benzene rings is 2. The van der Waals surface area contributed by atoms with Crippen molar-refractivity contribution < 1.29 is 27.1 Å². The molecule has 0 saturated carbocycles. The lowest BCUT2D eigenvalue weighted by molar-refractivity contribution is -0.153. The number of ether oxygens (including phenoxy) is 1. The fourth-order valence-corrected chi connectivity index (χ4v) is 4.34. The van der Waals surface area contributed by atoms with Crippen molar-refractivity contribution in [3.05, 3.63) is 81.5 Å². The zero-order valence-corrected chi connectivity index (χ0v) is 18.3. The smallest absolute Gasteiger partial charge is 0.422 e. The Labute approximate surface area is 196 Å². The molecule has 2 N–H and O–H groups in total. The van der Waals surface area contributed by atoms with Crippen LogP contribution in [0, 0.1) is 5.82 Å². The second-order valence-electron chi connectivity index (χ2n) is 8.27. The van der Waals surface area contributed by atoms with Crippen LogP contribution in [0.5, 0.6) is 5.75 Å². The van der Waals surface area contributed by atoms with Gasteiger partial charge in [0.25, 0.3) is 5.91 Å². The zero-order chi connectivity index (χ0) is 24.7. The molecule has 0 spiro atoms. The highest BCUT2D eigenvalue weighted by Gasteiger charge is 2.34. The summed E-state index contributed by atoms with van der Waals surface area (Å²) in [7, 11) is 0. The third-order valence-electron chi connectivity index (χ3n) is 5.89. The number of nitrogens with zero attached hydrogens (tertiary/aromatic N) is 2. The third-order valence-corrected chi connectivity index (χ3v) is 5.89. The van der Waals surface area contributed by atoms with Crippen molar-refractivity contribution in [2.75, 3.05) is 29.6 Å². The van der Waals surface area contributed by atoms with Crippen molar-refractivity contribution in [3.63, 3.8) is 0 Å². The Kier molecular flexibility index (Phi) is 5.72. The molecule has 3 heterocycles. The van der Waals surface area contributed by atoms with Crippen LogP contribution in [0.25, 0.3) is 0 Å². The summed E-state index contributed by atoms with van der Waals surface area (Å²) in [6.07, 6.45) is -4.14. The molecule has 3 aromatic rings. The van der Waals surface area contributed by atoms with Gasteiger partial charge in [-0.25, -0.2) is 4.39 Å². The Morgan fingerprint density at radius 2 is 1.71 bits per heavy atom. The molecule has 0 radical (unpaired) electrons. The molecule has 1 amide bonds. The Morgan fingerprint density at radius 3 is 2.51 bits per heavy atom. The number of fused-ring (bicyclic) bond motifs is 8. The van der Waals surface area contributed by atoms with Crippen LogP contribution < -0.4 is 25.4 Å². The van der Waals surface area contributed by atoms with E-state index in [4.69, 9.17) is 4.74 Å². The number of aromatic amines is 1. The minimum absolute atomic E-state index is 0.0479. The predicted molar refractivity (Wildman–Crippen MR) is 121 cm³/mol. The first-order valence-electron chi connectivity index (χ1n) is 10.8. The van der Waals surface area contributed by atoms with Gasteiger partial charge in [0.1, 0.15) is 18.2 Å². The molecule has 0 saturated heterocycles. The summed E-state index contributed by atoms with van der Waals surface area (Å²) in [6.45, 7) is -0.670. The average molecular weight is 488 g/mol. The van der Waals surface area contributed by atoms with Gasteiger partial charge in [-0.1, -0.05) is 0 Å². The highest BCUT2D eigenvalue weighted by atomic mass is 19.4. The number of pyridine rings is 1. The molecule has 182 valence electrons. The van der Waals surface area contributed by atoms with Gasteiger partial charge in [-0.15, -0.1) is 0 Å². The van der Waals surface area contributed by atoms with Crippen molar-refractivity contribution in [2.24, 2.45) is 0 Å². The largest absolute Gasteiger partial charge is 0.484 e. The summed E-state index contributed by atoms with van der Waals surface area (Å²) in [6, 6.07) is 11.3. The maximum Gasteiger partial charge on any atom is 0.422 e. The number of aromatic nitrogens is 1. The van der Waals surface area contributed by atoms with Gasteiger partial charge in [0.15, 0.2) is 6.61 Å². The molecule has 2 bridgehead atoms. The summed E-state index contributed by atoms with van der Waals surface area (Å²) >= 11 is 0. The van der Waals surface area contributed by atoms with Gasteiger partial charge in [0.05, 0.1) is 16.9 Å². The zero-order valence-electron chi connectivity index (χ0n) is 18.3. The van der Waals surface area contributed by atoms with Crippen molar-refractivity contribution >= 4 is 23.0 Å². The quantitative estimate of drug-likeness (QED) is 0.536. The number of carbonyl (C=O) groups is 1. The minimum atomic E-state index is -4.53. The van der Waals surface area contributed by atoms with Crippen LogP contribution in [0.3, 0.4) is 0 Å². The van der Waals surface area contributed by atoms with E-state index in [1.54, 1.807) is 17.0 Å². The first-order valence-corrected chi connectivity index (χ1v) is 10.8. The molecule has 0 atom stereocenters. The summed E-state index contributed by atoms with van der Waals surface area (Å²) < 4.78 is 57.0. The number of alkyl halides is 3. The third kappa shape index (κ3) is 4.59. The molecular weight excluding hydrogens is 468 g/mol. The van der Waals surface area contributed by atoms with Crippen LogP contribution >= 0.6 is 0 Å². The van der Waals surface area contributed by atoms with Gasteiger partial charge in [0, 0.05) is 37.0 Å². The maximum absolute atomic E-state index is 14.1. The fraction of sp³-hybridized carbons (Fsp3) is 0.250. The van der Waals surface area contributed by atoms with Crippen molar-refractivity contribution in [1.29, 1.82) is 0 Å². The molecule has 0 fully saturated rings. The number of hydrogen-bond acceptors (Lipinski definition) is 5. The van der Waals surface area contributed by atoms with Crippen LogP contribution in [-0.4, -0.2) is 36.9 Å². The van der Waals surface area contributed by atoms with Crippen LogP contribution in [0.15, 0.2) is 53.3 Å². The molecule has 7 nitrogen and oxygen atoms in total. The van der Waals surface area contributed by atoms with E-state index in [2.05, 4.69) is 10.3 Å². The van der Waals surface area contributed by atoms with Gasteiger partial charge in [-0.05, 0) is 48.0 Å². The van der Waals surface area contributed by atoms with Crippen LogP contribution in [-0.2, 0) is 13.0 Å². The molecule has 11 heteroatoms. The number of rotatable bonds is 2. The van der Waals surface area contributed by atoms with E-state index in [1.807, 2.05) is 0 Å².